The Morgan fingerprint density at radius 3 is 2.31 bits per heavy atom. The molecule has 26 heavy (non-hydrogen) atoms. The maximum atomic E-state index is 12.6. The van der Waals surface area contributed by atoms with Gasteiger partial charge in [0.15, 0.2) is 0 Å². The summed E-state index contributed by atoms with van der Waals surface area (Å²) in [4.78, 5) is 25.3. The fraction of sp³-hybridized carbons (Fsp3) is 0.353. The zero-order chi connectivity index (χ0) is 18.7. The van der Waals surface area contributed by atoms with E-state index in [0.717, 1.165) is 26.2 Å². The van der Waals surface area contributed by atoms with Gasteiger partial charge < -0.3 is 10.2 Å². The van der Waals surface area contributed by atoms with E-state index in [0.29, 0.717) is 26.7 Å². The highest BCUT2D eigenvalue weighted by atomic mass is 35.5. The average molecular weight is 415 g/mol. The van der Waals surface area contributed by atoms with Gasteiger partial charge in [0.2, 0.25) is 11.9 Å². The number of benzene rings is 1. The lowest BCUT2D eigenvalue weighted by Gasteiger charge is -2.37. The van der Waals surface area contributed by atoms with Crippen LogP contribution >= 0.6 is 34.8 Å². The number of aromatic nitrogens is 2. The number of hydrogen-bond donors (Lipinski definition) is 1. The van der Waals surface area contributed by atoms with Crippen LogP contribution < -0.4 is 10.2 Å². The van der Waals surface area contributed by atoms with Crippen molar-refractivity contribution in [3.63, 3.8) is 0 Å². The molecule has 2 aromatic rings. The fourth-order valence-electron chi connectivity index (χ4n) is 2.79. The zero-order valence-electron chi connectivity index (χ0n) is 14.1. The highest BCUT2D eigenvalue weighted by molar-refractivity contribution is 6.44. The van der Waals surface area contributed by atoms with Crippen LogP contribution in [-0.2, 0) is 4.79 Å². The van der Waals surface area contributed by atoms with Crippen molar-refractivity contribution in [3.8, 4) is 0 Å². The van der Waals surface area contributed by atoms with Crippen molar-refractivity contribution in [3.05, 3.63) is 45.7 Å². The molecule has 0 spiro atoms. The molecule has 138 valence electrons. The molecule has 1 saturated heterocycles. The molecule has 1 aromatic carbocycles. The second-order valence-electron chi connectivity index (χ2n) is 5.98. The van der Waals surface area contributed by atoms with Crippen LogP contribution in [0.15, 0.2) is 30.6 Å². The second-order valence-corrected chi connectivity index (χ2v) is 7.20. The van der Waals surface area contributed by atoms with E-state index in [9.17, 15) is 4.79 Å². The summed E-state index contributed by atoms with van der Waals surface area (Å²) in [6.45, 7) is 4.86. The Morgan fingerprint density at radius 1 is 1.04 bits per heavy atom. The Kier molecular flexibility index (Phi) is 6.19. The second kappa shape index (κ2) is 8.39. The van der Waals surface area contributed by atoms with Crippen molar-refractivity contribution in [1.29, 1.82) is 0 Å². The van der Waals surface area contributed by atoms with Gasteiger partial charge in [0.25, 0.3) is 0 Å². The number of piperazine rings is 1. The Bertz CT molecular complexity index is 781. The summed E-state index contributed by atoms with van der Waals surface area (Å²) in [7, 11) is 0. The monoisotopic (exact) mass is 413 g/mol. The van der Waals surface area contributed by atoms with E-state index in [1.807, 2.05) is 6.92 Å². The molecule has 1 fully saturated rings. The number of carbonyl (C=O) groups is 1. The lowest BCUT2D eigenvalue weighted by atomic mass is 10.2. The number of nitrogens with one attached hydrogen (secondary N) is 1. The van der Waals surface area contributed by atoms with E-state index in [1.165, 1.54) is 6.07 Å². The Morgan fingerprint density at radius 2 is 1.65 bits per heavy atom. The van der Waals surface area contributed by atoms with Crippen molar-refractivity contribution in [1.82, 2.24) is 14.9 Å². The van der Waals surface area contributed by atoms with Crippen LogP contribution in [0, 0.1) is 0 Å². The molecule has 0 saturated carbocycles. The van der Waals surface area contributed by atoms with E-state index < -0.39 is 0 Å². The Balaban J connectivity index is 1.59. The lowest BCUT2D eigenvalue weighted by molar-refractivity contribution is -0.120. The topological polar surface area (TPSA) is 61.4 Å². The first-order valence-electron chi connectivity index (χ1n) is 8.17. The van der Waals surface area contributed by atoms with Crippen molar-refractivity contribution in [2.24, 2.45) is 0 Å². The maximum Gasteiger partial charge on any atom is 0.241 e. The number of rotatable bonds is 4. The minimum Gasteiger partial charge on any atom is -0.338 e. The smallest absolute Gasteiger partial charge is 0.241 e. The molecule has 1 N–H and O–H groups in total. The van der Waals surface area contributed by atoms with Gasteiger partial charge in [-0.05, 0) is 25.1 Å². The van der Waals surface area contributed by atoms with Gasteiger partial charge in [-0.3, -0.25) is 9.69 Å². The quantitative estimate of drug-likeness (QED) is 0.775. The third-order valence-corrected chi connectivity index (χ3v) is 5.38. The molecule has 0 aliphatic carbocycles. The van der Waals surface area contributed by atoms with Crippen molar-refractivity contribution in [2.45, 2.75) is 13.0 Å². The number of carbonyl (C=O) groups excluding carboxylic acids is 1. The highest BCUT2D eigenvalue weighted by Gasteiger charge is 2.27. The van der Waals surface area contributed by atoms with Gasteiger partial charge in [0.05, 0.1) is 26.8 Å². The number of amides is 1. The van der Waals surface area contributed by atoms with Gasteiger partial charge in [-0.25, -0.2) is 9.97 Å². The van der Waals surface area contributed by atoms with E-state index in [2.05, 4.69) is 25.1 Å². The summed E-state index contributed by atoms with van der Waals surface area (Å²) >= 11 is 18.1. The molecular weight excluding hydrogens is 397 g/mol. The summed E-state index contributed by atoms with van der Waals surface area (Å²) in [5.41, 5.74) is 0.453. The fourth-order valence-corrected chi connectivity index (χ4v) is 3.38. The largest absolute Gasteiger partial charge is 0.338 e. The number of anilines is 2. The Labute approximate surface area is 167 Å². The first kappa shape index (κ1) is 19.2. The predicted octanol–water partition coefficient (Wildman–Crippen LogP) is 3.59. The maximum absolute atomic E-state index is 12.6. The molecule has 0 bridgehead atoms. The van der Waals surface area contributed by atoms with E-state index >= 15 is 0 Å². The van der Waals surface area contributed by atoms with E-state index in [-0.39, 0.29) is 11.9 Å². The molecule has 1 unspecified atom stereocenters. The third kappa shape index (κ3) is 4.38. The third-order valence-electron chi connectivity index (χ3n) is 4.34. The molecule has 1 aliphatic rings. The molecule has 1 aromatic heterocycles. The molecule has 1 aliphatic heterocycles. The molecule has 1 amide bonds. The van der Waals surface area contributed by atoms with Crippen molar-refractivity contribution < 1.29 is 4.79 Å². The molecule has 3 rings (SSSR count). The van der Waals surface area contributed by atoms with Crippen LogP contribution in [0.1, 0.15) is 6.92 Å². The number of hydrogen-bond acceptors (Lipinski definition) is 5. The molecule has 9 heteroatoms. The van der Waals surface area contributed by atoms with Gasteiger partial charge in [0.1, 0.15) is 0 Å². The van der Waals surface area contributed by atoms with Crippen LogP contribution in [0.5, 0.6) is 0 Å². The Hall–Kier alpha value is -1.60. The summed E-state index contributed by atoms with van der Waals surface area (Å²) in [6.07, 6.45) is 3.46. The van der Waals surface area contributed by atoms with Gasteiger partial charge in [-0.2, -0.15) is 0 Å². The van der Waals surface area contributed by atoms with Crippen molar-refractivity contribution in [2.75, 3.05) is 36.4 Å². The van der Waals surface area contributed by atoms with Gasteiger partial charge >= 0.3 is 0 Å². The lowest BCUT2D eigenvalue weighted by Crippen LogP contribution is -2.53. The normalized spacial score (nSPS) is 16.4. The molecule has 1 atom stereocenters. The standard InChI is InChI=1S/C17H18Cl3N5O/c1-11(16(26)23-15-10-13(19)12(18)9-14(15)20)24-5-7-25(8-6-24)17-21-3-2-4-22-17/h2-4,9-11H,5-8H2,1H3,(H,23,26). The van der Waals surface area contributed by atoms with Gasteiger partial charge in [0, 0.05) is 38.6 Å². The molecule has 0 radical (unpaired) electrons. The summed E-state index contributed by atoms with van der Waals surface area (Å²) in [5, 5.41) is 3.87. The van der Waals surface area contributed by atoms with Gasteiger partial charge in [-0.1, -0.05) is 34.8 Å². The summed E-state index contributed by atoms with van der Waals surface area (Å²) in [5.74, 6) is 0.571. The van der Waals surface area contributed by atoms with E-state index in [1.54, 1.807) is 24.5 Å². The first-order chi connectivity index (χ1) is 12.5. The van der Waals surface area contributed by atoms with Crippen LogP contribution in [0.2, 0.25) is 15.1 Å². The number of halogens is 3. The average Bonchev–Trinajstić information content (AvgIpc) is 2.66. The van der Waals surface area contributed by atoms with E-state index in [4.69, 9.17) is 34.8 Å². The van der Waals surface area contributed by atoms with Crippen LogP contribution in [0.4, 0.5) is 11.6 Å². The minimum absolute atomic E-state index is 0.144. The van der Waals surface area contributed by atoms with Crippen LogP contribution in [-0.4, -0.2) is 53.0 Å². The number of nitrogens with zero attached hydrogens (tertiary/aromatic N) is 4. The predicted molar refractivity (Wildman–Crippen MR) is 105 cm³/mol. The van der Waals surface area contributed by atoms with Crippen molar-refractivity contribution >= 4 is 52.3 Å². The summed E-state index contributed by atoms with van der Waals surface area (Å²) in [6, 6.07) is 4.56. The summed E-state index contributed by atoms with van der Waals surface area (Å²) < 4.78 is 0. The first-order valence-corrected chi connectivity index (χ1v) is 9.30. The SMILES string of the molecule is CC(C(=O)Nc1cc(Cl)c(Cl)cc1Cl)N1CCN(c2ncccn2)CC1. The highest BCUT2D eigenvalue weighted by Crippen LogP contribution is 2.32. The van der Waals surface area contributed by atoms with Gasteiger partial charge in [-0.15, -0.1) is 0 Å². The molecule has 2 heterocycles. The molecule has 6 nitrogen and oxygen atoms in total. The van der Waals surface area contributed by atoms with Crippen LogP contribution in [0.3, 0.4) is 0 Å². The zero-order valence-corrected chi connectivity index (χ0v) is 16.4. The minimum atomic E-state index is -0.306. The van der Waals surface area contributed by atoms with Crippen LogP contribution in [0.25, 0.3) is 0 Å². The molecular formula is C17H18Cl3N5O.